The Morgan fingerprint density at radius 2 is 1.77 bits per heavy atom. The molecule has 30 heavy (non-hydrogen) atoms. The van der Waals surface area contributed by atoms with Crippen LogP contribution in [0.15, 0.2) is 47.4 Å². The lowest BCUT2D eigenvalue weighted by Crippen LogP contribution is -2.38. The number of hydrogen-bond acceptors (Lipinski definition) is 4. The van der Waals surface area contributed by atoms with E-state index in [-0.39, 0.29) is 17.5 Å². The summed E-state index contributed by atoms with van der Waals surface area (Å²) in [7, 11) is -1.93. The number of sulfonamides is 1. The molecule has 2 aromatic rings. The summed E-state index contributed by atoms with van der Waals surface area (Å²) < 4.78 is 32.6. The van der Waals surface area contributed by atoms with E-state index in [9.17, 15) is 13.2 Å². The monoisotopic (exact) mass is 470 g/mol. The van der Waals surface area contributed by atoms with Crippen LogP contribution in [0.3, 0.4) is 0 Å². The third-order valence-electron chi connectivity index (χ3n) is 5.16. The number of nitrogens with zero attached hydrogens (tertiary/aromatic N) is 1. The molecule has 9 heteroatoms. The molecule has 1 fully saturated rings. The Morgan fingerprint density at radius 3 is 2.40 bits per heavy atom. The molecule has 3 rings (SSSR count). The van der Waals surface area contributed by atoms with Gasteiger partial charge in [0.1, 0.15) is 5.75 Å². The highest BCUT2D eigenvalue weighted by Crippen LogP contribution is 2.28. The van der Waals surface area contributed by atoms with Crippen molar-refractivity contribution >= 4 is 44.8 Å². The lowest BCUT2D eigenvalue weighted by molar-refractivity contribution is -0.118. The van der Waals surface area contributed by atoms with Crippen LogP contribution in [-0.4, -0.2) is 38.3 Å². The van der Waals surface area contributed by atoms with Gasteiger partial charge in [-0.2, -0.15) is 4.31 Å². The third kappa shape index (κ3) is 5.66. The van der Waals surface area contributed by atoms with Crippen molar-refractivity contribution in [2.75, 3.05) is 19.0 Å². The topological polar surface area (TPSA) is 75.7 Å². The number of anilines is 1. The van der Waals surface area contributed by atoms with E-state index in [1.165, 1.54) is 22.5 Å². The summed E-state index contributed by atoms with van der Waals surface area (Å²) in [5.74, 6) is -0.0423. The quantitative estimate of drug-likeness (QED) is 0.619. The summed E-state index contributed by atoms with van der Waals surface area (Å²) in [4.78, 5) is 12.3. The van der Waals surface area contributed by atoms with Crippen LogP contribution in [-0.2, 0) is 14.8 Å². The van der Waals surface area contributed by atoms with Gasteiger partial charge < -0.3 is 10.1 Å². The minimum absolute atomic E-state index is 0.0416. The molecule has 162 valence electrons. The highest BCUT2D eigenvalue weighted by molar-refractivity contribution is 7.89. The van der Waals surface area contributed by atoms with Gasteiger partial charge in [-0.3, -0.25) is 4.79 Å². The zero-order chi connectivity index (χ0) is 21.7. The van der Waals surface area contributed by atoms with Gasteiger partial charge in [0.2, 0.25) is 10.0 Å². The van der Waals surface area contributed by atoms with E-state index < -0.39 is 15.9 Å². The van der Waals surface area contributed by atoms with Crippen molar-refractivity contribution in [3.05, 3.63) is 52.5 Å². The smallest absolute Gasteiger partial charge is 0.262 e. The van der Waals surface area contributed by atoms with E-state index in [0.29, 0.717) is 21.5 Å². The summed E-state index contributed by atoms with van der Waals surface area (Å²) in [5, 5.41) is 3.46. The largest absolute Gasteiger partial charge is 0.482 e. The zero-order valence-corrected chi connectivity index (χ0v) is 18.9. The number of rotatable bonds is 7. The number of nitrogens with one attached hydrogen (secondary N) is 1. The number of halogens is 2. The average molecular weight is 471 g/mol. The van der Waals surface area contributed by atoms with Crippen molar-refractivity contribution in [1.82, 2.24) is 4.31 Å². The maximum absolute atomic E-state index is 12.9. The van der Waals surface area contributed by atoms with Gasteiger partial charge in [-0.1, -0.05) is 42.5 Å². The summed E-state index contributed by atoms with van der Waals surface area (Å²) in [6.45, 7) is -0.244. The predicted molar refractivity (Wildman–Crippen MR) is 119 cm³/mol. The first-order valence-corrected chi connectivity index (χ1v) is 11.9. The van der Waals surface area contributed by atoms with E-state index in [2.05, 4.69) is 5.32 Å². The summed E-state index contributed by atoms with van der Waals surface area (Å²) >= 11 is 11.8. The van der Waals surface area contributed by atoms with Gasteiger partial charge in [0.15, 0.2) is 6.61 Å². The van der Waals surface area contributed by atoms with Gasteiger partial charge in [-0.05, 0) is 55.3 Å². The molecule has 0 heterocycles. The molecule has 0 bridgehead atoms. The molecule has 0 atom stereocenters. The Morgan fingerprint density at radius 1 is 1.10 bits per heavy atom. The molecule has 0 radical (unpaired) electrons. The van der Waals surface area contributed by atoms with Gasteiger partial charge in [-0.25, -0.2) is 8.42 Å². The van der Waals surface area contributed by atoms with Gasteiger partial charge >= 0.3 is 0 Å². The Balaban J connectivity index is 1.58. The number of carbonyl (C=O) groups is 1. The van der Waals surface area contributed by atoms with Gasteiger partial charge in [0.05, 0.1) is 9.92 Å². The first-order chi connectivity index (χ1) is 14.3. The first kappa shape index (κ1) is 22.9. The highest BCUT2D eigenvalue weighted by Gasteiger charge is 2.28. The normalized spacial score (nSPS) is 15.2. The Bertz CT molecular complexity index is 991. The molecular weight excluding hydrogens is 447 g/mol. The van der Waals surface area contributed by atoms with E-state index in [4.69, 9.17) is 27.9 Å². The molecule has 0 unspecified atom stereocenters. The van der Waals surface area contributed by atoms with Crippen molar-refractivity contribution in [1.29, 1.82) is 0 Å². The van der Waals surface area contributed by atoms with Crippen molar-refractivity contribution in [2.24, 2.45) is 0 Å². The molecule has 1 aliphatic carbocycles. The number of benzene rings is 2. The molecule has 1 saturated carbocycles. The van der Waals surface area contributed by atoms with Crippen LogP contribution < -0.4 is 10.1 Å². The zero-order valence-electron chi connectivity index (χ0n) is 16.6. The van der Waals surface area contributed by atoms with E-state index >= 15 is 0 Å². The predicted octanol–water partition coefficient (Wildman–Crippen LogP) is 4.96. The highest BCUT2D eigenvalue weighted by atomic mass is 35.5. The van der Waals surface area contributed by atoms with Crippen LogP contribution in [0.1, 0.15) is 32.1 Å². The SMILES string of the molecule is CN(C1CCCCC1)S(=O)(=O)c1ccc(NC(=O)COc2ccc(Cl)cc2Cl)cc1. The fourth-order valence-electron chi connectivity index (χ4n) is 3.45. The molecular formula is C21H24Cl2N2O4S. The summed E-state index contributed by atoms with van der Waals surface area (Å²) in [6.07, 6.45) is 5.05. The van der Waals surface area contributed by atoms with Gasteiger partial charge in [0.25, 0.3) is 5.91 Å². The van der Waals surface area contributed by atoms with Crippen LogP contribution in [0.4, 0.5) is 5.69 Å². The molecule has 0 spiro atoms. The minimum atomic E-state index is -3.57. The fourth-order valence-corrected chi connectivity index (χ4v) is 5.33. The molecule has 0 aromatic heterocycles. The Hall–Kier alpha value is -1.80. The Kier molecular flexibility index (Phi) is 7.63. The second kappa shape index (κ2) is 10.0. The standard InChI is InChI=1S/C21H24Cl2N2O4S/c1-25(17-5-3-2-4-6-17)30(27,28)18-10-8-16(9-11-18)24-21(26)14-29-20-12-7-15(22)13-19(20)23/h7-13,17H,2-6,14H2,1H3,(H,24,26). The molecule has 2 aromatic carbocycles. The summed E-state index contributed by atoms with van der Waals surface area (Å²) in [5.41, 5.74) is 0.477. The molecule has 0 saturated heterocycles. The van der Waals surface area contributed by atoms with E-state index in [0.717, 1.165) is 32.1 Å². The van der Waals surface area contributed by atoms with Gasteiger partial charge in [0, 0.05) is 23.8 Å². The molecule has 1 amide bonds. The Labute approximate surface area is 187 Å². The molecule has 6 nitrogen and oxygen atoms in total. The second-order valence-corrected chi connectivity index (χ2v) is 10.1. The van der Waals surface area contributed by atoms with Crippen LogP contribution >= 0.6 is 23.2 Å². The lowest BCUT2D eigenvalue weighted by atomic mass is 9.96. The van der Waals surface area contributed by atoms with Crippen molar-refractivity contribution in [3.63, 3.8) is 0 Å². The van der Waals surface area contributed by atoms with Crippen molar-refractivity contribution < 1.29 is 17.9 Å². The van der Waals surface area contributed by atoms with Crippen LogP contribution in [0, 0.1) is 0 Å². The molecule has 1 N–H and O–H groups in total. The maximum atomic E-state index is 12.9. The maximum Gasteiger partial charge on any atom is 0.262 e. The molecule has 1 aliphatic rings. The lowest BCUT2D eigenvalue weighted by Gasteiger charge is -2.30. The second-order valence-electron chi connectivity index (χ2n) is 7.25. The number of hydrogen-bond donors (Lipinski definition) is 1. The minimum Gasteiger partial charge on any atom is -0.482 e. The third-order valence-corrected chi connectivity index (χ3v) is 7.61. The van der Waals surface area contributed by atoms with Crippen LogP contribution in [0.5, 0.6) is 5.75 Å². The van der Waals surface area contributed by atoms with Gasteiger partial charge in [-0.15, -0.1) is 0 Å². The average Bonchev–Trinajstić information content (AvgIpc) is 2.73. The number of carbonyl (C=O) groups excluding carboxylic acids is 1. The van der Waals surface area contributed by atoms with Crippen LogP contribution in [0.2, 0.25) is 10.0 Å². The van der Waals surface area contributed by atoms with Crippen molar-refractivity contribution in [3.8, 4) is 5.75 Å². The van der Waals surface area contributed by atoms with Crippen LogP contribution in [0.25, 0.3) is 0 Å². The first-order valence-electron chi connectivity index (χ1n) is 9.73. The van der Waals surface area contributed by atoms with E-state index in [1.807, 2.05) is 0 Å². The van der Waals surface area contributed by atoms with E-state index in [1.54, 1.807) is 31.3 Å². The van der Waals surface area contributed by atoms with Crippen molar-refractivity contribution in [2.45, 2.75) is 43.0 Å². The summed E-state index contributed by atoms with van der Waals surface area (Å²) in [6, 6.07) is 10.9. The fraction of sp³-hybridized carbons (Fsp3) is 0.381. The number of ether oxygens (including phenoxy) is 1. The molecule has 0 aliphatic heterocycles. The number of amides is 1.